The highest BCUT2D eigenvalue weighted by atomic mass is 35.5. The van der Waals surface area contributed by atoms with E-state index >= 15 is 0 Å². The van der Waals surface area contributed by atoms with E-state index in [2.05, 4.69) is 5.16 Å². The maximum atomic E-state index is 14.2. The van der Waals surface area contributed by atoms with Crippen molar-refractivity contribution < 1.29 is 8.91 Å². The summed E-state index contributed by atoms with van der Waals surface area (Å²) in [7, 11) is 0. The Hall–Kier alpha value is -2.33. The van der Waals surface area contributed by atoms with E-state index in [0.29, 0.717) is 11.3 Å². The van der Waals surface area contributed by atoms with Crippen LogP contribution < -0.4 is 5.73 Å². The van der Waals surface area contributed by atoms with Crippen molar-refractivity contribution in [2.75, 3.05) is 5.73 Å². The number of aryl methyl sites for hydroxylation is 1. The molecule has 21 heavy (non-hydrogen) atoms. The van der Waals surface area contributed by atoms with Crippen molar-refractivity contribution >= 4 is 17.5 Å². The molecule has 0 spiro atoms. The molecule has 3 rings (SSSR count). The lowest BCUT2D eigenvalue weighted by atomic mass is 9.97. The van der Waals surface area contributed by atoms with Crippen LogP contribution in [0.5, 0.6) is 0 Å². The number of nitrogens with zero attached hydrogens (tertiary/aromatic N) is 1. The molecule has 0 radical (unpaired) electrons. The van der Waals surface area contributed by atoms with Gasteiger partial charge in [0.25, 0.3) is 0 Å². The lowest BCUT2D eigenvalue weighted by molar-refractivity contribution is 0.439. The minimum atomic E-state index is -0.466. The number of anilines is 1. The molecule has 106 valence electrons. The molecule has 1 heterocycles. The van der Waals surface area contributed by atoms with Crippen LogP contribution in [0.2, 0.25) is 5.02 Å². The van der Waals surface area contributed by atoms with E-state index in [1.54, 1.807) is 6.07 Å². The standard InChI is InChI=1S/C16H12ClFN2O/c1-9-5-2-3-6-10(9)15-14(16(19)21-20-15)13-11(17)7-4-8-12(13)18/h2-8H,19H2,1H3. The van der Waals surface area contributed by atoms with Gasteiger partial charge in [0.2, 0.25) is 5.88 Å². The van der Waals surface area contributed by atoms with Crippen molar-refractivity contribution in [2.45, 2.75) is 6.92 Å². The topological polar surface area (TPSA) is 52.0 Å². The maximum Gasteiger partial charge on any atom is 0.230 e. The van der Waals surface area contributed by atoms with Crippen LogP contribution in [0.1, 0.15) is 5.56 Å². The number of halogens is 2. The van der Waals surface area contributed by atoms with Gasteiger partial charge in [0.1, 0.15) is 11.5 Å². The molecule has 1 aromatic heterocycles. The van der Waals surface area contributed by atoms with Gasteiger partial charge >= 0.3 is 0 Å². The highest BCUT2D eigenvalue weighted by Crippen LogP contribution is 2.41. The predicted octanol–water partition coefficient (Wildman–Crippen LogP) is 4.69. The van der Waals surface area contributed by atoms with Gasteiger partial charge in [0.05, 0.1) is 10.6 Å². The highest BCUT2D eigenvalue weighted by Gasteiger charge is 2.23. The summed E-state index contributed by atoms with van der Waals surface area (Å²) in [5.41, 5.74) is 8.73. The highest BCUT2D eigenvalue weighted by molar-refractivity contribution is 6.33. The first-order valence-corrected chi connectivity index (χ1v) is 6.73. The van der Waals surface area contributed by atoms with Gasteiger partial charge in [0, 0.05) is 11.1 Å². The van der Waals surface area contributed by atoms with Gasteiger partial charge in [-0.2, -0.15) is 0 Å². The quantitative estimate of drug-likeness (QED) is 0.747. The molecule has 0 unspecified atom stereocenters. The molecule has 3 nitrogen and oxygen atoms in total. The molecular weight excluding hydrogens is 291 g/mol. The molecule has 3 aromatic rings. The second-order valence-electron chi connectivity index (χ2n) is 4.68. The van der Waals surface area contributed by atoms with Gasteiger partial charge in [-0.15, -0.1) is 0 Å². The van der Waals surface area contributed by atoms with E-state index in [9.17, 15) is 4.39 Å². The molecule has 0 atom stereocenters. The largest absolute Gasteiger partial charge is 0.367 e. The number of rotatable bonds is 2. The number of hydrogen-bond donors (Lipinski definition) is 1. The zero-order valence-electron chi connectivity index (χ0n) is 11.2. The van der Waals surface area contributed by atoms with Crippen LogP contribution in [0.25, 0.3) is 22.4 Å². The molecule has 0 aliphatic rings. The summed E-state index contributed by atoms with van der Waals surface area (Å²) in [6.45, 7) is 1.94. The molecule has 0 aliphatic heterocycles. The molecular formula is C16H12ClFN2O. The molecule has 0 saturated heterocycles. The van der Waals surface area contributed by atoms with E-state index in [4.69, 9.17) is 21.9 Å². The van der Waals surface area contributed by atoms with Gasteiger partial charge in [0.15, 0.2) is 0 Å². The lowest BCUT2D eigenvalue weighted by Gasteiger charge is -2.08. The first-order chi connectivity index (χ1) is 10.1. The Morgan fingerprint density at radius 3 is 2.57 bits per heavy atom. The maximum absolute atomic E-state index is 14.2. The first-order valence-electron chi connectivity index (χ1n) is 6.35. The average molecular weight is 303 g/mol. The van der Waals surface area contributed by atoms with Gasteiger partial charge < -0.3 is 10.3 Å². The summed E-state index contributed by atoms with van der Waals surface area (Å²) in [6, 6.07) is 12.1. The second kappa shape index (κ2) is 5.22. The fourth-order valence-corrected chi connectivity index (χ4v) is 2.56. The van der Waals surface area contributed by atoms with E-state index in [0.717, 1.165) is 11.1 Å². The van der Waals surface area contributed by atoms with Crippen molar-refractivity contribution in [1.82, 2.24) is 5.16 Å². The summed E-state index contributed by atoms with van der Waals surface area (Å²) >= 11 is 6.13. The number of hydrogen-bond acceptors (Lipinski definition) is 3. The van der Waals surface area contributed by atoms with Crippen LogP contribution in [0.4, 0.5) is 10.3 Å². The van der Waals surface area contributed by atoms with Gasteiger partial charge in [-0.05, 0) is 24.6 Å². The van der Waals surface area contributed by atoms with Crippen molar-refractivity contribution in [1.29, 1.82) is 0 Å². The van der Waals surface area contributed by atoms with Crippen molar-refractivity contribution in [3.05, 3.63) is 58.9 Å². The SMILES string of the molecule is Cc1ccccc1-c1noc(N)c1-c1c(F)cccc1Cl. The molecule has 0 fully saturated rings. The fraction of sp³-hybridized carbons (Fsp3) is 0.0625. The van der Waals surface area contributed by atoms with Crippen molar-refractivity contribution in [3.8, 4) is 22.4 Å². The lowest BCUT2D eigenvalue weighted by Crippen LogP contribution is -1.93. The molecule has 0 aliphatic carbocycles. The van der Waals surface area contributed by atoms with E-state index in [-0.39, 0.29) is 16.5 Å². The van der Waals surface area contributed by atoms with Crippen LogP contribution in [-0.4, -0.2) is 5.16 Å². The summed E-state index contributed by atoms with van der Waals surface area (Å²) in [6.07, 6.45) is 0. The third-order valence-electron chi connectivity index (χ3n) is 3.33. The van der Waals surface area contributed by atoms with E-state index in [1.165, 1.54) is 12.1 Å². The average Bonchev–Trinajstić information content (AvgIpc) is 2.81. The van der Waals surface area contributed by atoms with Crippen molar-refractivity contribution in [3.63, 3.8) is 0 Å². The zero-order chi connectivity index (χ0) is 15.0. The van der Waals surface area contributed by atoms with E-state index < -0.39 is 5.82 Å². The molecule has 2 N–H and O–H groups in total. The first kappa shape index (κ1) is 13.6. The van der Waals surface area contributed by atoms with Gasteiger partial charge in [-0.1, -0.05) is 47.1 Å². The monoisotopic (exact) mass is 302 g/mol. The van der Waals surface area contributed by atoms with Gasteiger partial charge in [-0.25, -0.2) is 4.39 Å². The number of benzene rings is 2. The number of nitrogens with two attached hydrogens (primary N) is 1. The molecule has 5 heteroatoms. The van der Waals surface area contributed by atoms with Crippen LogP contribution in [-0.2, 0) is 0 Å². The Kier molecular flexibility index (Phi) is 3.39. The molecule has 0 bridgehead atoms. The normalized spacial score (nSPS) is 10.8. The van der Waals surface area contributed by atoms with Crippen LogP contribution in [0.15, 0.2) is 47.0 Å². The minimum absolute atomic E-state index is 0.0419. The van der Waals surface area contributed by atoms with Crippen molar-refractivity contribution in [2.24, 2.45) is 0 Å². The Morgan fingerprint density at radius 1 is 1.10 bits per heavy atom. The smallest absolute Gasteiger partial charge is 0.230 e. The third-order valence-corrected chi connectivity index (χ3v) is 3.65. The zero-order valence-corrected chi connectivity index (χ0v) is 12.0. The summed E-state index contributed by atoms with van der Waals surface area (Å²) in [5, 5.41) is 4.24. The molecule has 0 saturated carbocycles. The van der Waals surface area contributed by atoms with Crippen LogP contribution in [0, 0.1) is 12.7 Å². The Bertz CT molecular complexity index is 794. The minimum Gasteiger partial charge on any atom is -0.367 e. The fourth-order valence-electron chi connectivity index (χ4n) is 2.30. The Labute approximate surface area is 126 Å². The molecule has 2 aromatic carbocycles. The van der Waals surface area contributed by atoms with E-state index in [1.807, 2.05) is 31.2 Å². The number of nitrogen functional groups attached to an aromatic ring is 1. The number of aromatic nitrogens is 1. The van der Waals surface area contributed by atoms with Gasteiger partial charge in [-0.3, -0.25) is 0 Å². The summed E-state index contributed by atoms with van der Waals surface area (Å²) in [5.74, 6) is -0.424. The summed E-state index contributed by atoms with van der Waals surface area (Å²) in [4.78, 5) is 0. The van der Waals surface area contributed by atoms with Crippen LogP contribution in [0.3, 0.4) is 0 Å². The van der Waals surface area contributed by atoms with Crippen LogP contribution >= 0.6 is 11.6 Å². The second-order valence-corrected chi connectivity index (χ2v) is 5.09. The molecule has 0 amide bonds. The third kappa shape index (κ3) is 2.28. The summed E-state index contributed by atoms with van der Waals surface area (Å²) < 4.78 is 19.3. The predicted molar refractivity (Wildman–Crippen MR) is 81.5 cm³/mol. The Morgan fingerprint density at radius 2 is 1.86 bits per heavy atom. The Balaban J connectivity index is 2.31.